The molecule has 0 saturated heterocycles. The molecule has 0 aliphatic carbocycles. The first kappa shape index (κ1) is 13.8. The summed E-state index contributed by atoms with van der Waals surface area (Å²) >= 11 is 0. The lowest BCUT2D eigenvalue weighted by Gasteiger charge is -2.09. The summed E-state index contributed by atoms with van der Waals surface area (Å²) in [7, 11) is -3.94. The highest BCUT2D eigenvalue weighted by Crippen LogP contribution is 2.21. The summed E-state index contributed by atoms with van der Waals surface area (Å²) in [5.74, 6) is -0.474. The monoisotopic (exact) mass is 291 g/mol. The van der Waals surface area contributed by atoms with Crippen LogP contribution in [0.2, 0.25) is 0 Å². The van der Waals surface area contributed by atoms with Gasteiger partial charge in [0.05, 0.1) is 5.56 Å². The summed E-state index contributed by atoms with van der Waals surface area (Å²) in [5.41, 5.74) is 5.95. The zero-order valence-corrected chi connectivity index (χ0v) is 11.0. The molecule has 2 aromatic carbocycles. The van der Waals surface area contributed by atoms with Crippen LogP contribution >= 0.6 is 0 Å². The zero-order chi connectivity index (χ0) is 14.8. The van der Waals surface area contributed by atoms with Crippen molar-refractivity contribution >= 4 is 21.4 Å². The van der Waals surface area contributed by atoms with E-state index in [2.05, 4.69) is 4.72 Å². The third kappa shape index (κ3) is 2.87. The van der Waals surface area contributed by atoms with Gasteiger partial charge in [0.2, 0.25) is 0 Å². The highest BCUT2D eigenvalue weighted by atomic mass is 32.2. The van der Waals surface area contributed by atoms with Crippen molar-refractivity contribution in [3.63, 3.8) is 0 Å². The molecule has 3 N–H and O–H groups in total. The molecule has 0 bridgehead atoms. The van der Waals surface area contributed by atoms with Crippen LogP contribution in [0.1, 0.15) is 5.56 Å². The molecule has 0 radical (unpaired) electrons. The maximum absolute atomic E-state index is 12.8. The molecule has 7 heteroatoms. The van der Waals surface area contributed by atoms with E-state index in [1.165, 1.54) is 30.3 Å². The van der Waals surface area contributed by atoms with Gasteiger partial charge in [0.25, 0.3) is 10.0 Å². The van der Waals surface area contributed by atoms with Crippen molar-refractivity contribution in [2.75, 3.05) is 10.5 Å². The van der Waals surface area contributed by atoms with Crippen molar-refractivity contribution < 1.29 is 12.8 Å². The van der Waals surface area contributed by atoms with E-state index in [9.17, 15) is 12.8 Å². The summed E-state index contributed by atoms with van der Waals surface area (Å²) in [6.07, 6.45) is 0. The van der Waals surface area contributed by atoms with E-state index >= 15 is 0 Å². The number of rotatable bonds is 3. The van der Waals surface area contributed by atoms with Crippen molar-refractivity contribution in [2.45, 2.75) is 4.90 Å². The molecular formula is C13H10FN3O2S. The van der Waals surface area contributed by atoms with E-state index in [0.29, 0.717) is 5.69 Å². The van der Waals surface area contributed by atoms with Crippen LogP contribution in [0.15, 0.2) is 47.4 Å². The van der Waals surface area contributed by atoms with E-state index in [1.54, 1.807) is 6.07 Å². The fourth-order valence-electron chi connectivity index (χ4n) is 1.60. The lowest BCUT2D eigenvalue weighted by atomic mass is 10.2. The summed E-state index contributed by atoms with van der Waals surface area (Å²) in [5, 5.41) is 8.96. The molecule has 0 saturated carbocycles. The molecule has 0 spiro atoms. The van der Waals surface area contributed by atoms with Crippen LogP contribution in [0, 0.1) is 17.1 Å². The van der Waals surface area contributed by atoms with E-state index in [0.717, 1.165) is 12.1 Å². The molecule has 5 nitrogen and oxygen atoms in total. The molecule has 0 amide bonds. The summed E-state index contributed by atoms with van der Waals surface area (Å²) in [6, 6.07) is 10.5. The molecule has 0 fully saturated rings. The third-order valence-corrected chi connectivity index (χ3v) is 3.95. The van der Waals surface area contributed by atoms with Gasteiger partial charge in [0, 0.05) is 11.4 Å². The van der Waals surface area contributed by atoms with Crippen molar-refractivity contribution in [3.8, 4) is 6.07 Å². The van der Waals surface area contributed by atoms with E-state index in [1.807, 2.05) is 0 Å². The molecule has 2 rings (SSSR count). The minimum atomic E-state index is -3.94. The molecule has 0 heterocycles. The smallest absolute Gasteiger partial charge is 0.263 e. The molecule has 20 heavy (non-hydrogen) atoms. The summed E-state index contributed by atoms with van der Waals surface area (Å²) < 4.78 is 39.4. The molecule has 102 valence electrons. The van der Waals surface area contributed by atoms with Crippen LogP contribution in [0.5, 0.6) is 0 Å². The van der Waals surface area contributed by atoms with Crippen molar-refractivity contribution in [3.05, 3.63) is 53.8 Å². The number of sulfonamides is 1. The van der Waals surface area contributed by atoms with Gasteiger partial charge >= 0.3 is 0 Å². The third-order valence-electron chi connectivity index (χ3n) is 2.51. The lowest BCUT2D eigenvalue weighted by Crippen LogP contribution is -2.14. The van der Waals surface area contributed by atoms with Gasteiger partial charge in [-0.1, -0.05) is 0 Å². The van der Waals surface area contributed by atoms with Gasteiger partial charge in [-0.25, -0.2) is 12.8 Å². The largest absolute Gasteiger partial charge is 0.399 e. The summed E-state index contributed by atoms with van der Waals surface area (Å²) in [6.45, 7) is 0. The number of nitrogens with zero attached hydrogens (tertiary/aromatic N) is 1. The fourth-order valence-corrected chi connectivity index (χ4v) is 2.79. The SMILES string of the molecule is N#Cc1cc(N)ccc1S(=O)(=O)Nc1ccc(F)cc1. The maximum atomic E-state index is 12.8. The number of benzene rings is 2. The van der Waals surface area contributed by atoms with Crippen molar-refractivity contribution in [1.82, 2.24) is 0 Å². The minimum Gasteiger partial charge on any atom is -0.399 e. The van der Waals surface area contributed by atoms with Crippen molar-refractivity contribution in [2.24, 2.45) is 0 Å². The van der Waals surface area contributed by atoms with Crippen LogP contribution in [0.4, 0.5) is 15.8 Å². The quantitative estimate of drug-likeness (QED) is 0.846. The van der Waals surface area contributed by atoms with E-state index < -0.39 is 15.8 Å². The van der Waals surface area contributed by atoms with Crippen LogP contribution in [-0.4, -0.2) is 8.42 Å². The zero-order valence-electron chi connectivity index (χ0n) is 10.2. The van der Waals surface area contributed by atoms with Crippen LogP contribution < -0.4 is 10.5 Å². The van der Waals surface area contributed by atoms with Crippen LogP contribution in [0.3, 0.4) is 0 Å². The first-order valence-electron chi connectivity index (χ1n) is 5.50. The van der Waals surface area contributed by atoms with Gasteiger partial charge in [0.1, 0.15) is 16.8 Å². The maximum Gasteiger partial charge on any atom is 0.263 e. The highest BCUT2D eigenvalue weighted by molar-refractivity contribution is 7.92. The second-order valence-electron chi connectivity index (χ2n) is 3.98. The van der Waals surface area contributed by atoms with Gasteiger partial charge in [-0.3, -0.25) is 4.72 Å². The van der Waals surface area contributed by atoms with Gasteiger partial charge in [-0.05, 0) is 42.5 Å². The van der Waals surface area contributed by atoms with Crippen LogP contribution in [0.25, 0.3) is 0 Å². The number of hydrogen-bond donors (Lipinski definition) is 2. The Morgan fingerprint density at radius 2 is 1.80 bits per heavy atom. The average Bonchev–Trinajstić information content (AvgIpc) is 2.40. The molecule has 0 atom stereocenters. The van der Waals surface area contributed by atoms with Gasteiger partial charge in [-0.2, -0.15) is 5.26 Å². The number of hydrogen-bond acceptors (Lipinski definition) is 4. The second kappa shape index (κ2) is 5.19. The molecule has 2 aromatic rings. The normalized spacial score (nSPS) is 10.8. The highest BCUT2D eigenvalue weighted by Gasteiger charge is 2.18. The minimum absolute atomic E-state index is 0.0559. The number of halogens is 1. The topological polar surface area (TPSA) is 96.0 Å². The Morgan fingerprint density at radius 3 is 2.40 bits per heavy atom. The Labute approximate surface area is 115 Å². The number of nitrogens with two attached hydrogens (primary N) is 1. The second-order valence-corrected chi connectivity index (χ2v) is 5.63. The molecule has 0 unspecified atom stereocenters. The predicted molar refractivity (Wildman–Crippen MR) is 72.8 cm³/mol. The molecule has 0 aliphatic rings. The first-order valence-corrected chi connectivity index (χ1v) is 6.99. The van der Waals surface area contributed by atoms with Gasteiger partial charge in [-0.15, -0.1) is 0 Å². The lowest BCUT2D eigenvalue weighted by molar-refractivity contribution is 0.600. The van der Waals surface area contributed by atoms with Crippen molar-refractivity contribution in [1.29, 1.82) is 5.26 Å². The summed E-state index contributed by atoms with van der Waals surface area (Å²) in [4.78, 5) is -0.182. The number of nitriles is 1. The standard InChI is InChI=1S/C13H10FN3O2S/c14-10-1-4-12(5-2-10)17-20(18,19)13-6-3-11(16)7-9(13)8-15/h1-7,17H,16H2. The Hall–Kier alpha value is -2.59. The Kier molecular flexibility index (Phi) is 3.59. The van der Waals surface area contributed by atoms with Crippen LogP contribution in [-0.2, 0) is 10.0 Å². The van der Waals surface area contributed by atoms with Gasteiger partial charge in [0.15, 0.2) is 0 Å². The number of nitrogen functional groups attached to an aromatic ring is 1. The van der Waals surface area contributed by atoms with Gasteiger partial charge < -0.3 is 5.73 Å². The molecule has 0 aromatic heterocycles. The van der Waals surface area contributed by atoms with E-state index in [4.69, 9.17) is 11.0 Å². The number of anilines is 2. The fraction of sp³-hybridized carbons (Fsp3) is 0. The molecular weight excluding hydrogens is 281 g/mol. The molecule has 0 aliphatic heterocycles. The van der Waals surface area contributed by atoms with E-state index in [-0.39, 0.29) is 16.1 Å². The Balaban J connectivity index is 2.41. The first-order chi connectivity index (χ1) is 9.42. The average molecular weight is 291 g/mol. The Bertz CT molecular complexity index is 780. The predicted octanol–water partition coefficient (Wildman–Crippen LogP) is 2.08. The number of nitrogens with one attached hydrogen (secondary N) is 1. The Morgan fingerprint density at radius 1 is 1.15 bits per heavy atom.